The summed E-state index contributed by atoms with van der Waals surface area (Å²) in [5, 5.41) is 2.97. The average molecular weight is 366 g/mol. The highest BCUT2D eigenvalue weighted by Crippen LogP contribution is 2.33. The van der Waals surface area contributed by atoms with E-state index in [0.29, 0.717) is 36.6 Å². The highest BCUT2D eigenvalue weighted by molar-refractivity contribution is 5.98. The fourth-order valence-corrected chi connectivity index (χ4v) is 3.57. The van der Waals surface area contributed by atoms with Crippen LogP contribution in [0.3, 0.4) is 0 Å². The van der Waals surface area contributed by atoms with E-state index in [-0.39, 0.29) is 18.6 Å². The van der Waals surface area contributed by atoms with Crippen LogP contribution in [0, 0.1) is 0 Å². The van der Waals surface area contributed by atoms with Crippen LogP contribution in [0.2, 0.25) is 0 Å². The standard InChI is InChI=1S/C21H22N2O4/c24-20(22-11-10-15-5-2-1-3-6-15)17-7-4-12-23(17)21(25)16-8-9-18-19(13-16)27-14-26-18/h1-3,5-6,8-9,13,17H,4,7,10-12,14H2,(H,22,24)/t17-/m0/s1. The van der Waals surface area contributed by atoms with E-state index < -0.39 is 6.04 Å². The van der Waals surface area contributed by atoms with Crippen LogP contribution in [0.4, 0.5) is 0 Å². The van der Waals surface area contributed by atoms with Crippen molar-refractivity contribution in [3.63, 3.8) is 0 Å². The second-order valence-electron chi connectivity index (χ2n) is 6.75. The lowest BCUT2D eigenvalue weighted by atomic mass is 10.1. The number of carbonyl (C=O) groups excluding carboxylic acids is 2. The Balaban J connectivity index is 1.38. The fraction of sp³-hybridized carbons (Fsp3) is 0.333. The molecule has 1 saturated heterocycles. The number of hydrogen-bond acceptors (Lipinski definition) is 4. The Bertz CT molecular complexity index is 837. The smallest absolute Gasteiger partial charge is 0.254 e. The molecule has 2 amide bonds. The number of ether oxygens (including phenoxy) is 2. The number of fused-ring (bicyclic) bond motifs is 1. The molecule has 6 heteroatoms. The molecule has 2 aliphatic heterocycles. The van der Waals surface area contributed by atoms with Crippen LogP contribution in [0.5, 0.6) is 11.5 Å². The molecule has 0 unspecified atom stereocenters. The predicted octanol–water partition coefficient (Wildman–Crippen LogP) is 2.38. The molecule has 27 heavy (non-hydrogen) atoms. The van der Waals surface area contributed by atoms with Gasteiger partial charge in [-0.15, -0.1) is 0 Å². The van der Waals surface area contributed by atoms with Crippen molar-refractivity contribution in [1.29, 1.82) is 0 Å². The number of amides is 2. The minimum atomic E-state index is -0.418. The molecule has 2 aromatic rings. The molecule has 1 atom stereocenters. The number of hydrogen-bond donors (Lipinski definition) is 1. The van der Waals surface area contributed by atoms with Crippen LogP contribution in [-0.2, 0) is 11.2 Å². The summed E-state index contributed by atoms with van der Waals surface area (Å²) in [5.74, 6) is 0.985. The van der Waals surface area contributed by atoms with Gasteiger partial charge in [0.2, 0.25) is 12.7 Å². The van der Waals surface area contributed by atoms with Crippen LogP contribution < -0.4 is 14.8 Å². The molecule has 0 saturated carbocycles. The third-order valence-electron chi connectivity index (χ3n) is 4.99. The van der Waals surface area contributed by atoms with E-state index in [1.807, 2.05) is 30.3 Å². The van der Waals surface area contributed by atoms with Crippen molar-refractivity contribution in [2.24, 2.45) is 0 Å². The normalized spacial score (nSPS) is 17.8. The van der Waals surface area contributed by atoms with Gasteiger partial charge < -0.3 is 19.7 Å². The van der Waals surface area contributed by atoms with Gasteiger partial charge in [0, 0.05) is 18.7 Å². The molecule has 2 aromatic carbocycles. The Morgan fingerprint density at radius 3 is 2.74 bits per heavy atom. The third-order valence-corrected chi connectivity index (χ3v) is 4.99. The molecular weight excluding hydrogens is 344 g/mol. The minimum Gasteiger partial charge on any atom is -0.454 e. The van der Waals surface area contributed by atoms with Crippen molar-refractivity contribution in [2.45, 2.75) is 25.3 Å². The van der Waals surface area contributed by atoms with Gasteiger partial charge in [-0.25, -0.2) is 0 Å². The summed E-state index contributed by atoms with van der Waals surface area (Å²) in [6.45, 7) is 1.32. The van der Waals surface area contributed by atoms with E-state index in [4.69, 9.17) is 9.47 Å². The lowest BCUT2D eigenvalue weighted by Gasteiger charge is -2.24. The Morgan fingerprint density at radius 2 is 1.89 bits per heavy atom. The SMILES string of the molecule is O=C(NCCc1ccccc1)[C@@H]1CCCN1C(=O)c1ccc2c(c1)OCO2. The maximum absolute atomic E-state index is 12.9. The Morgan fingerprint density at radius 1 is 1.07 bits per heavy atom. The topological polar surface area (TPSA) is 67.9 Å². The van der Waals surface area contributed by atoms with Crippen LogP contribution in [0.25, 0.3) is 0 Å². The van der Waals surface area contributed by atoms with E-state index in [9.17, 15) is 9.59 Å². The number of benzene rings is 2. The number of nitrogens with one attached hydrogen (secondary N) is 1. The first-order chi connectivity index (χ1) is 13.2. The largest absolute Gasteiger partial charge is 0.454 e. The van der Waals surface area contributed by atoms with Crippen LogP contribution in [0.1, 0.15) is 28.8 Å². The molecule has 2 aliphatic rings. The molecule has 0 spiro atoms. The zero-order valence-electron chi connectivity index (χ0n) is 15.0. The zero-order chi connectivity index (χ0) is 18.6. The third kappa shape index (κ3) is 3.74. The van der Waals surface area contributed by atoms with Crippen molar-refractivity contribution < 1.29 is 19.1 Å². The molecule has 0 bridgehead atoms. The van der Waals surface area contributed by atoms with Crippen LogP contribution >= 0.6 is 0 Å². The van der Waals surface area contributed by atoms with E-state index in [1.165, 1.54) is 5.56 Å². The van der Waals surface area contributed by atoms with Crippen molar-refractivity contribution >= 4 is 11.8 Å². The van der Waals surface area contributed by atoms with Gasteiger partial charge in [0.15, 0.2) is 11.5 Å². The van der Waals surface area contributed by atoms with Crippen LogP contribution in [-0.4, -0.2) is 42.6 Å². The summed E-state index contributed by atoms with van der Waals surface area (Å²) < 4.78 is 10.6. The van der Waals surface area contributed by atoms with Crippen molar-refractivity contribution in [3.8, 4) is 11.5 Å². The molecule has 0 aliphatic carbocycles. The monoisotopic (exact) mass is 366 g/mol. The molecular formula is C21H22N2O4. The van der Waals surface area contributed by atoms with Gasteiger partial charge in [-0.1, -0.05) is 30.3 Å². The molecule has 1 N–H and O–H groups in total. The van der Waals surface area contributed by atoms with E-state index in [0.717, 1.165) is 12.8 Å². The zero-order valence-corrected chi connectivity index (χ0v) is 15.0. The number of rotatable bonds is 5. The molecule has 0 aromatic heterocycles. The molecule has 6 nitrogen and oxygen atoms in total. The van der Waals surface area contributed by atoms with Crippen LogP contribution in [0.15, 0.2) is 48.5 Å². The first-order valence-electron chi connectivity index (χ1n) is 9.24. The fourth-order valence-electron chi connectivity index (χ4n) is 3.57. The van der Waals surface area contributed by atoms with Crippen molar-refractivity contribution in [2.75, 3.05) is 19.9 Å². The second-order valence-corrected chi connectivity index (χ2v) is 6.75. The van der Waals surface area contributed by atoms with Gasteiger partial charge >= 0.3 is 0 Å². The summed E-state index contributed by atoms with van der Waals surface area (Å²) in [6.07, 6.45) is 2.29. The molecule has 140 valence electrons. The average Bonchev–Trinajstić information content (AvgIpc) is 3.37. The summed E-state index contributed by atoms with van der Waals surface area (Å²) in [4.78, 5) is 27.2. The van der Waals surface area contributed by atoms with Gasteiger partial charge in [0.05, 0.1) is 0 Å². The summed E-state index contributed by atoms with van der Waals surface area (Å²) in [5.41, 5.74) is 1.70. The lowest BCUT2D eigenvalue weighted by Crippen LogP contribution is -2.46. The first kappa shape index (κ1) is 17.4. The summed E-state index contributed by atoms with van der Waals surface area (Å²) in [7, 11) is 0. The van der Waals surface area contributed by atoms with E-state index >= 15 is 0 Å². The quantitative estimate of drug-likeness (QED) is 0.882. The highest BCUT2D eigenvalue weighted by Gasteiger charge is 2.34. The Kier molecular flexibility index (Phi) is 4.96. The number of carbonyl (C=O) groups is 2. The summed E-state index contributed by atoms with van der Waals surface area (Å²) >= 11 is 0. The highest BCUT2D eigenvalue weighted by atomic mass is 16.7. The van der Waals surface area contributed by atoms with Crippen molar-refractivity contribution in [1.82, 2.24) is 10.2 Å². The molecule has 0 radical (unpaired) electrons. The lowest BCUT2D eigenvalue weighted by molar-refractivity contribution is -0.124. The molecule has 2 heterocycles. The van der Waals surface area contributed by atoms with Gasteiger partial charge in [-0.05, 0) is 43.0 Å². The van der Waals surface area contributed by atoms with Crippen molar-refractivity contribution in [3.05, 3.63) is 59.7 Å². The minimum absolute atomic E-state index is 0.0856. The first-order valence-corrected chi connectivity index (χ1v) is 9.24. The van der Waals surface area contributed by atoms with Gasteiger partial charge in [0.25, 0.3) is 5.91 Å². The maximum Gasteiger partial charge on any atom is 0.254 e. The van der Waals surface area contributed by atoms with E-state index in [1.54, 1.807) is 23.1 Å². The Labute approximate surface area is 158 Å². The number of likely N-dealkylation sites (tertiary alicyclic amines) is 1. The number of nitrogens with zero attached hydrogens (tertiary/aromatic N) is 1. The Hall–Kier alpha value is -3.02. The molecule has 1 fully saturated rings. The molecule has 4 rings (SSSR count). The maximum atomic E-state index is 12.9. The van der Waals surface area contributed by atoms with E-state index in [2.05, 4.69) is 5.32 Å². The van der Waals surface area contributed by atoms with Gasteiger partial charge in [-0.3, -0.25) is 9.59 Å². The summed E-state index contributed by atoms with van der Waals surface area (Å²) in [6, 6.07) is 14.7. The van der Waals surface area contributed by atoms with Gasteiger partial charge in [-0.2, -0.15) is 0 Å². The second kappa shape index (κ2) is 7.70. The van der Waals surface area contributed by atoms with Gasteiger partial charge in [0.1, 0.15) is 6.04 Å². The predicted molar refractivity (Wildman–Crippen MR) is 99.8 cm³/mol.